The van der Waals surface area contributed by atoms with Crippen molar-refractivity contribution in [2.45, 2.75) is 25.6 Å². The van der Waals surface area contributed by atoms with Crippen molar-refractivity contribution >= 4 is 17.3 Å². The van der Waals surface area contributed by atoms with E-state index in [0.29, 0.717) is 11.6 Å². The van der Waals surface area contributed by atoms with Crippen LogP contribution in [0.1, 0.15) is 42.3 Å². The van der Waals surface area contributed by atoms with Gasteiger partial charge in [-0.3, -0.25) is 4.98 Å². The molecule has 0 aliphatic carbocycles. The van der Waals surface area contributed by atoms with Gasteiger partial charge < -0.3 is 9.47 Å². The van der Waals surface area contributed by atoms with Gasteiger partial charge in [-0.25, -0.2) is 5.01 Å². The second kappa shape index (κ2) is 7.41. The van der Waals surface area contributed by atoms with Crippen molar-refractivity contribution in [3.63, 3.8) is 0 Å². The molecule has 3 aromatic rings. The molecule has 3 heterocycles. The predicted molar refractivity (Wildman–Crippen MR) is 112 cm³/mol. The third-order valence-corrected chi connectivity index (χ3v) is 5.44. The maximum absolute atomic E-state index is 6.47. The van der Waals surface area contributed by atoms with Crippen molar-refractivity contribution in [2.75, 3.05) is 6.61 Å². The highest BCUT2D eigenvalue weighted by Crippen LogP contribution is 2.50. The topological polar surface area (TPSA) is 47.0 Å². The average Bonchev–Trinajstić information content (AvgIpc) is 3.20. The number of aromatic nitrogens is 1. The summed E-state index contributed by atoms with van der Waals surface area (Å²) in [6.45, 7) is 2.55. The molecule has 2 aliphatic rings. The van der Waals surface area contributed by atoms with Crippen LogP contribution in [0.3, 0.4) is 0 Å². The number of para-hydroxylation sites is 1. The lowest BCUT2D eigenvalue weighted by atomic mass is 9.96. The van der Waals surface area contributed by atoms with E-state index in [2.05, 4.69) is 11.1 Å². The van der Waals surface area contributed by atoms with Crippen LogP contribution in [-0.2, 0) is 0 Å². The van der Waals surface area contributed by atoms with E-state index in [1.165, 1.54) is 0 Å². The number of hydrazone groups is 1. The second-order valence-electron chi connectivity index (χ2n) is 7.02. The largest absolute Gasteiger partial charge is 0.490 e. The molecule has 0 fully saturated rings. The first-order valence-electron chi connectivity index (χ1n) is 9.68. The molecule has 0 bridgehead atoms. The Bertz CT molecular complexity index is 1070. The Hall–Kier alpha value is -3.05. The van der Waals surface area contributed by atoms with Crippen LogP contribution in [0.4, 0.5) is 0 Å². The molecule has 0 saturated carbocycles. The Morgan fingerprint density at radius 2 is 2.07 bits per heavy atom. The molecule has 0 radical (unpaired) electrons. The number of halogens is 1. The molecule has 5 nitrogen and oxygen atoms in total. The van der Waals surface area contributed by atoms with E-state index in [1.54, 1.807) is 6.20 Å². The molecule has 0 spiro atoms. The van der Waals surface area contributed by atoms with E-state index in [1.807, 2.05) is 66.7 Å². The van der Waals surface area contributed by atoms with Crippen molar-refractivity contribution < 1.29 is 9.47 Å². The average molecular weight is 406 g/mol. The number of fused-ring (bicyclic) bond motifs is 3. The number of hydrogen-bond acceptors (Lipinski definition) is 5. The Morgan fingerprint density at radius 3 is 2.86 bits per heavy atom. The summed E-state index contributed by atoms with van der Waals surface area (Å²) in [6, 6.07) is 17.8. The molecule has 2 atom stereocenters. The first-order valence-corrected chi connectivity index (χ1v) is 10.1. The summed E-state index contributed by atoms with van der Waals surface area (Å²) in [5.74, 6) is 1.54. The molecular formula is C23H20ClN3O2. The third kappa shape index (κ3) is 3.21. The van der Waals surface area contributed by atoms with Gasteiger partial charge in [0.1, 0.15) is 0 Å². The molecule has 2 aliphatic heterocycles. The Kier molecular flexibility index (Phi) is 4.60. The zero-order chi connectivity index (χ0) is 19.8. The molecule has 29 heavy (non-hydrogen) atoms. The quantitative estimate of drug-likeness (QED) is 0.585. The van der Waals surface area contributed by atoms with Crippen molar-refractivity contribution in [3.8, 4) is 11.5 Å². The lowest BCUT2D eigenvalue weighted by Crippen LogP contribution is -2.33. The maximum Gasteiger partial charge on any atom is 0.214 e. The summed E-state index contributed by atoms with van der Waals surface area (Å²) in [4.78, 5) is 4.25. The van der Waals surface area contributed by atoms with Gasteiger partial charge in [-0.1, -0.05) is 41.9 Å². The monoisotopic (exact) mass is 405 g/mol. The van der Waals surface area contributed by atoms with Crippen molar-refractivity contribution in [3.05, 3.63) is 88.7 Å². The van der Waals surface area contributed by atoms with Gasteiger partial charge in [-0.2, -0.15) is 5.10 Å². The Balaban J connectivity index is 1.62. The first-order chi connectivity index (χ1) is 14.2. The fourth-order valence-corrected chi connectivity index (χ4v) is 4.14. The van der Waals surface area contributed by atoms with Crippen LogP contribution in [0.25, 0.3) is 0 Å². The highest BCUT2D eigenvalue weighted by Gasteiger charge is 2.42. The number of rotatable bonds is 4. The predicted octanol–water partition coefficient (Wildman–Crippen LogP) is 5.38. The van der Waals surface area contributed by atoms with Crippen LogP contribution in [0.5, 0.6) is 11.5 Å². The molecule has 5 rings (SSSR count). The van der Waals surface area contributed by atoms with Gasteiger partial charge >= 0.3 is 0 Å². The standard InChI is InChI=1S/C23H20ClN3O2/c1-2-28-21-10-4-9-18-20-13-19(16-7-5-11-25-14-16)26-27(20)23(29-22(18)21)15-6-3-8-17(24)12-15/h3-12,14,20,23H,2,13H2,1H3/t20-,23-/m0/s1. The van der Waals surface area contributed by atoms with Crippen LogP contribution in [0.15, 0.2) is 72.1 Å². The van der Waals surface area contributed by atoms with Crippen LogP contribution in [0, 0.1) is 0 Å². The molecule has 6 heteroatoms. The fraction of sp³-hybridized carbons (Fsp3) is 0.217. The normalized spacial score (nSPS) is 19.8. The van der Waals surface area contributed by atoms with Gasteiger partial charge in [0.25, 0.3) is 0 Å². The molecule has 1 aromatic heterocycles. The minimum absolute atomic E-state index is 0.0540. The molecule has 2 aromatic carbocycles. The summed E-state index contributed by atoms with van der Waals surface area (Å²) in [6.07, 6.45) is 4.01. The van der Waals surface area contributed by atoms with Crippen molar-refractivity contribution in [1.29, 1.82) is 0 Å². The number of benzene rings is 2. The maximum atomic E-state index is 6.47. The summed E-state index contributed by atoms with van der Waals surface area (Å²) in [5, 5.41) is 7.65. The third-order valence-electron chi connectivity index (χ3n) is 5.21. The highest BCUT2D eigenvalue weighted by molar-refractivity contribution is 6.30. The zero-order valence-corrected chi connectivity index (χ0v) is 16.7. The van der Waals surface area contributed by atoms with E-state index >= 15 is 0 Å². The lowest BCUT2D eigenvalue weighted by molar-refractivity contribution is -0.0212. The van der Waals surface area contributed by atoms with Crippen LogP contribution in [-0.4, -0.2) is 22.3 Å². The summed E-state index contributed by atoms with van der Waals surface area (Å²) < 4.78 is 12.3. The van der Waals surface area contributed by atoms with Crippen LogP contribution in [0.2, 0.25) is 5.02 Å². The fourth-order valence-electron chi connectivity index (χ4n) is 3.94. The van der Waals surface area contributed by atoms with Gasteiger partial charge in [0.2, 0.25) is 6.23 Å². The molecule has 0 N–H and O–H groups in total. The summed E-state index contributed by atoms with van der Waals surface area (Å²) in [7, 11) is 0. The number of nitrogens with zero attached hydrogens (tertiary/aromatic N) is 3. The highest BCUT2D eigenvalue weighted by atomic mass is 35.5. The van der Waals surface area contributed by atoms with Crippen molar-refractivity contribution in [1.82, 2.24) is 9.99 Å². The van der Waals surface area contributed by atoms with Crippen LogP contribution < -0.4 is 9.47 Å². The Morgan fingerprint density at radius 1 is 1.17 bits per heavy atom. The molecule has 146 valence electrons. The number of ether oxygens (including phenoxy) is 2. The van der Waals surface area contributed by atoms with Gasteiger partial charge in [0, 0.05) is 40.5 Å². The minimum atomic E-state index is -0.387. The number of pyridine rings is 1. The molecule has 0 amide bonds. The van der Waals surface area contributed by atoms with E-state index in [0.717, 1.165) is 40.3 Å². The number of hydrogen-bond donors (Lipinski definition) is 0. The van der Waals surface area contributed by atoms with E-state index < -0.39 is 0 Å². The van der Waals surface area contributed by atoms with E-state index in [-0.39, 0.29) is 12.3 Å². The van der Waals surface area contributed by atoms with Gasteiger partial charge in [-0.15, -0.1) is 0 Å². The lowest BCUT2D eigenvalue weighted by Gasteiger charge is -2.38. The Labute approximate surface area is 174 Å². The summed E-state index contributed by atoms with van der Waals surface area (Å²) in [5.41, 5.74) is 4.05. The van der Waals surface area contributed by atoms with Gasteiger partial charge in [0.15, 0.2) is 11.5 Å². The molecule has 0 unspecified atom stereocenters. The SMILES string of the molecule is CCOc1cccc2c1O[C@@H](c1cccc(Cl)c1)N1N=C(c3cccnc3)C[C@@H]21. The second-order valence-corrected chi connectivity index (χ2v) is 7.46. The molecule has 0 saturated heterocycles. The van der Waals surface area contributed by atoms with E-state index in [9.17, 15) is 0 Å². The van der Waals surface area contributed by atoms with E-state index in [4.69, 9.17) is 26.2 Å². The van der Waals surface area contributed by atoms with Gasteiger partial charge in [0.05, 0.1) is 18.4 Å². The van der Waals surface area contributed by atoms with Crippen LogP contribution >= 0.6 is 11.6 Å². The van der Waals surface area contributed by atoms with Gasteiger partial charge in [-0.05, 0) is 31.2 Å². The zero-order valence-electron chi connectivity index (χ0n) is 16.0. The first kappa shape index (κ1) is 18.0. The molecular weight excluding hydrogens is 386 g/mol. The van der Waals surface area contributed by atoms with Crippen molar-refractivity contribution in [2.24, 2.45) is 5.10 Å². The summed E-state index contributed by atoms with van der Waals surface area (Å²) >= 11 is 6.27. The minimum Gasteiger partial charge on any atom is -0.490 e. The smallest absolute Gasteiger partial charge is 0.214 e.